The van der Waals surface area contributed by atoms with Crippen molar-refractivity contribution in [1.82, 2.24) is 0 Å². The van der Waals surface area contributed by atoms with Gasteiger partial charge in [-0.2, -0.15) is 0 Å². The molecule has 6 heteroatoms. The predicted molar refractivity (Wildman–Crippen MR) is 142 cm³/mol. The number of aryl methyl sites for hydroxylation is 1. The predicted octanol–water partition coefficient (Wildman–Crippen LogP) is 7.23. The highest BCUT2D eigenvalue weighted by Gasteiger charge is 2.16. The Morgan fingerprint density at radius 1 is 0.882 bits per heavy atom. The van der Waals surface area contributed by atoms with Gasteiger partial charge in [0.1, 0.15) is 18.1 Å². The summed E-state index contributed by atoms with van der Waals surface area (Å²) in [7, 11) is 1.56. The monoisotopic (exact) mass is 565 g/mol. The molecule has 0 heterocycles. The van der Waals surface area contributed by atoms with Crippen molar-refractivity contribution in [3.63, 3.8) is 0 Å². The Morgan fingerprint density at radius 2 is 1.53 bits per heavy atom. The lowest BCUT2D eigenvalue weighted by Gasteiger charge is -2.15. The highest BCUT2D eigenvalue weighted by atomic mass is 127. The smallest absolute Gasteiger partial charge is 0.255 e. The molecule has 1 amide bonds. The Labute approximate surface area is 212 Å². The number of hydrogen-bond donors (Lipinski definition) is 1. The van der Waals surface area contributed by atoms with E-state index in [1.807, 2.05) is 73.7 Å². The molecule has 0 unspecified atom stereocenters. The molecule has 0 spiro atoms. The zero-order chi connectivity index (χ0) is 23.9. The van der Waals surface area contributed by atoms with Gasteiger partial charge in [-0.25, -0.2) is 0 Å². The minimum atomic E-state index is -0.238. The highest BCUT2D eigenvalue weighted by Crippen LogP contribution is 2.35. The standard InChI is InChI=1S/C28H24INO4/c1-19-8-12-23(13-9-19)34-24-14-10-22(11-15-24)30-28(31)21-16-25(29)27(26(17-21)32-2)33-18-20-6-4-3-5-7-20/h3-17H,18H2,1-2H3,(H,30,31). The number of amides is 1. The van der Waals surface area contributed by atoms with E-state index in [2.05, 4.69) is 27.9 Å². The van der Waals surface area contributed by atoms with Crippen LogP contribution in [0.15, 0.2) is 91.0 Å². The summed E-state index contributed by atoms with van der Waals surface area (Å²) < 4.78 is 18.1. The minimum absolute atomic E-state index is 0.238. The van der Waals surface area contributed by atoms with Crippen LogP contribution in [0.25, 0.3) is 0 Å². The molecule has 0 aromatic heterocycles. The average Bonchev–Trinajstić information content (AvgIpc) is 2.86. The Bertz CT molecular complexity index is 1260. The first-order valence-corrected chi connectivity index (χ1v) is 11.8. The third kappa shape index (κ3) is 6.08. The number of methoxy groups -OCH3 is 1. The lowest BCUT2D eigenvalue weighted by molar-refractivity contribution is 0.102. The molecule has 5 nitrogen and oxygen atoms in total. The highest BCUT2D eigenvalue weighted by molar-refractivity contribution is 14.1. The summed E-state index contributed by atoms with van der Waals surface area (Å²) in [6.07, 6.45) is 0. The number of ether oxygens (including phenoxy) is 3. The van der Waals surface area contributed by atoms with Crippen molar-refractivity contribution in [2.45, 2.75) is 13.5 Å². The van der Waals surface area contributed by atoms with Gasteiger partial charge in [0.05, 0.1) is 10.7 Å². The van der Waals surface area contributed by atoms with Crippen LogP contribution in [0.2, 0.25) is 0 Å². The van der Waals surface area contributed by atoms with E-state index in [0.717, 1.165) is 14.9 Å². The van der Waals surface area contributed by atoms with Gasteiger partial charge in [0.25, 0.3) is 5.91 Å². The van der Waals surface area contributed by atoms with E-state index in [-0.39, 0.29) is 5.91 Å². The van der Waals surface area contributed by atoms with Gasteiger partial charge in [0.2, 0.25) is 0 Å². The number of carbonyl (C=O) groups is 1. The summed E-state index contributed by atoms with van der Waals surface area (Å²) in [6.45, 7) is 2.44. The first kappa shape index (κ1) is 23.6. The molecule has 4 aromatic rings. The van der Waals surface area contributed by atoms with E-state index in [4.69, 9.17) is 14.2 Å². The molecule has 0 fully saturated rings. The first-order valence-electron chi connectivity index (χ1n) is 10.7. The van der Waals surface area contributed by atoms with Crippen molar-refractivity contribution < 1.29 is 19.0 Å². The molecule has 172 valence electrons. The van der Waals surface area contributed by atoms with Gasteiger partial charge in [0.15, 0.2) is 11.5 Å². The Kier molecular flexibility index (Phi) is 7.69. The summed E-state index contributed by atoms with van der Waals surface area (Å²) in [5.41, 5.74) is 3.37. The number of rotatable bonds is 8. The van der Waals surface area contributed by atoms with Crippen LogP contribution in [-0.4, -0.2) is 13.0 Å². The number of carbonyl (C=O) groups excluding carboxylic acids is 1. The van der Waals surface area contributed by atoms with Crippen molar-refractivity contribution >= 4 is 34.2 Å². The fraction of sp³-hybridized carbons (Fsp3) is 0.107. The third-order valence-corrected chi connectivity index (χ3v) is 5.89. The molecule has 0 aliphatic rings. The third-order valence-electron chi connectivity index (χ3n) is 5.09. The van der Waals surface area contributed by atoms with Gasteiger partial charge < -0.3 is 19.5 Å². The molecule has 0 aliphatic heterocycles. The normalized spacial score (nSPS) is 10.4. The Balaban J connectivity index is 1.43. The van der Waals surface area contributed by atoms with E-state index in [1.54, 1.807) is 31.4 Å². The second kappa shape index (κ2) is 11.1. The molecule has 0 atom stereocenters. The van der Waals surface area contributed by atoms with Gasteiger partial charge in [-0.1, -0.05) is 48.0 Å². The lowest BCUT2D eigenvalue weighted by Crippen LogP contribution is -2.13. The lowest BCUT2D eigenvalue weighted by atomic mass is 10.1. The van der Waals surface area contributed by atoms with Crippen LogP contribution in [0.3, 0.4) is 0 Å². The van der Waals surface area contributed by atoms with Crippen LogP contribution in [0.1, 0.15) is 21.5 Å². The average molecular weight is 565 g/mol. The second-order valence-electron chi connectivity index (χ2n) is 7.66. The SMILES string of the molecule is COc1cc(C(=O)Nc2ccc(Oc3ccc(C)cc3)cc2)cc(I)c1OCc1ccccc1. The maximum atomic E-state index is 12.9. The van der Waals surface area contributed by atoms with Crippen LogP contribution in [0.5, 0.6) is 23.0 Å². The van der Waals surface area contributed by atoms with Crippen LogP contribution in [-0.2, 0) is 6.61 Å². The van der Waals surface area contributed by atoms with Crippen LogP contribution in [0, 0.1) is 10.5 Å². The number of benzene rings is 4. The van der Waals surface area contributed by atoms with Crippen molar-refractivity contribution in [3.8, 4) is 23.0 Å². The number of nitrogens with one attached hydrogen (secondary N) is 1. The molecule has 0 radical (unpaired) electrons. The van der Waals surface area contributed by atoms with Gasteiger partial charge in [-0.15, -0.1) is 0 Å². The van der Waals surface area contributed by atoms with E-state index in [1.165, 1.54) is 5.56 Å². The van der Waals surface area contributed by atoms with Crippen LogP contribution in [0.4, 0.5) is 5.69 Å². The Hall–Kier alpha value is -3.52. The zero-order valence-corrected chi connectivity index (χ0v) is 21.0. The molecular weight excluding hydrogens is 541 g/mol. The number of halogens is 1. The van der Waals surface area contributed by atoms with Crippen LogP contribution >= 0.6 is 22.6 Å². The van der Waals surface area contributed by atoms with Crippen molar-refractivity contribution in [2.24, 2.45) is 0 Å². The largest absolute Gasteiger partial charge is 0.493 e. The molecule has 0 bridgehead atoms. The molecule has 4 aromatic carbocycles. The minimum Gasteiger partial charge on any atom is -0.493 e. The van der Waals surface area contributed by atoms with Crippen molar-refractivity contribution in [1.29, 1.82) is 0 Å². The van der Waals surface area contributed by atoms with E-state index in [0.29, 0.717) is 35.1 Å². The second-order valence-corrected chi connectivity index (χ2v) is 8.82. The van der Waals surface area contributed by atoms with Crippen LogP contribution < -0.4 is 19.5 Å². The molecule has 34 heavy (non-hydrogen) atoms. The molecule has 0 aliphatic carbocycles. The van der Waals surface area contributed by atoms with Gasteiger partial charge in [-0.05, 0) is 83.6 Å². The summed E-state index contributed by atoms with van der Waals surface area (Å²) in [6, 6.07) is 28.5. The fourth-order valence-corrected chi connectivity index (χ4v) is 4.03. The summed E-state index contributed by atoms with van der Waals surface area (Å²) in [5, 5.41) is 2.92. The number of hydrogen-bond acceptors (Lipinski definition) is 4. The molecule has 1 N–H and O–H groups in total. The molecule has 0 saturated carbocycles. The van der Waals surface area contributed by atoms with E-state index < -0.39 is 0 Å². The van der Waals surface area contributed by atoms with Gasteiger partial charge in [-0.3, -0.25) is 4.79 Å². The Morgan fingerprint density at radius 3 is 2.18 bits per heavy atom. The van der Waals surface area contributed by atoms with E-state index >= 15 is 0 Å². The molecular formula is C28H24INO4. The summed E-state index contributed by atoms with van der Waals surface area (Å²) in [5.74, 6) is 2.34. The molecule has 4 rings (SSSR count). The molecule has 0 saturated heterocycles. The zero-order valence-electron chi connectivity index (χ0n) is 18.9. The summed E-state index contributed by atoms with van der Waals surface area (Å²) >= 11 is 2.16. The van der Waals surface area contributed by atoms with Crippen molar-refractivity contribution in [2.75, 3.05) is 12.4 Å². The van der Waals surface area contributed by atoms with Gasteiger partial charge >= 0.3 is 0 Å². The van der Waals surface area contributed by atoms with Gasteiger partial charge in [0, 0.05) is 11.3 Å². The summed E-state index contributed by atoms with van der Waals surface area (Å²) in [4.78, 5) is 12.9. The van der Waals surface area contributed by atoms with Crippen molar-refractivity contribution in [3.05, 3.63) is 111 Å². The van der Waals surface area contributed by atoms with E-state index in [9.17, 15) is 4.79 Å². The topological polar surface area (TPSA) is 56.8 Å². The fourth-order valence-electron chi connectivity index (χ4n) is 3.27. The first-order chi connectivity index (χ1) is 16.5. The quantitative estimate of drug-likeness (QED) is 0.229. The maximum Gasteiger partial charge on any atom is 0.255 e. The maximum absolute atomic E-state index is 12.9. The number of anilines is 1.